The number of ether oxygens (including phenoxy) is 2. The number of benzene rings is 2. The number of aliphatic carboxylic acids is 1. The third-order valence-corrected chi connectivity index (χ3v) is 4.58. The zero-order valence-electron chi connectivity index (χ0n) is 15.5. The number of carboxylic acids is 1. The average Bonchev–Trinajstić information content (AvgIpc) is 2.66. The lowest BCUT2D eigenvalue weighted by Gasteiger charge is -2.15. The molecule has 0 saturated heterocycles. The lowest BCUT2D eigenvalue weighted by atomic mass is 10.0. The first kappa shape index (κ1) is 18.5. The largest absolute Gasteiger partial charge is 0.497 e. The van der Waals surface area contributed by atoms with E-state index in [1.807, 2.05) is 31.2 Å². The summed E-state index contributed by atoms with van der Waals surface area (Å²) in [6, 6.07) is 12.7. The second kappa shape index (κ2) is 7.53. The highest BCUT2D eigenvalue weighted by molar-refractivity contribution is 5.88. The van der Waals surface area contributed by atoms with E-state index in [4.69, 9.17) is 14.6 Å². The summed E-state index contributed by atoms with van der Waals surface area (Å²) in [6.45, 7) is 2.02. The molecule has 0 spiro atoms. The summed E-state index contributed by atoms with van der Waals surface area (Å²) in [5, 5.41) is 9.96. The maximum absolute atomic E-state index is 13.2. The molecule has 27 heavy (non-hydrogen) atoms. The van der Waals surface area contributed by atoms with Gasteiger partial charge < -0.3 is 19.1 Å². The van der Waals surface area contributed by atoms with Crippen molar-refractivity contribution in [2.45, 2.75) is 19.9 Å². The van der Waals surface area contributed by atoms with E-state index in [-0.39, 0.29) is 18.5 Å². The van der Waals surface area contributed by atoms with Crippen LogP contribution in [-0.2, 0) is 11.3 Å². The van der Waals surface area contributed by atoms with Gasteiger partial charge in [0.1, 0.15) is 11.5 Å². The summed E-state index contributed by atoms with van der Waals surface area (Å²) in [7, 11) is 3.15. The summed E-state index contributed by atoms with van der Waals surface area (Å²) < 4.78 is 12.0. The zero-order valence-corrected chi connectivity index (χ0v) is 15.5. The van der Waals surface area contributed by atoms with Gasteiger partial charge in [0.15, 0.2) is 0 Å². The normalized spacial score (nSPS) is 10.8. The van der Waals surface area contributed by atoms with Crippen molar-refractivity contribution < 1.29 is 19.4 Å². The van der Waals surface area contributed by atoms with Crippen molar-refractivity contribution in [3.05, 3.63) is 58.4 Å². The van der Waals surface area contributed by atoms with Crippen LogP contribution in [0.2, 0.25) is 0 Å². The predicted octanol–water partition coefficient (Wildman–Crippen LogP) is 3.47. The molecular formula is C21H21NO5. The molecule has 0 atom stereocenters. The van der Waals surface area contributed by atoms with Gasteiger partial charge in [-0.05, 0) is 42.3 Å². The summed E-state index contributed by atoms with van der Waals surface area (Å²) >= 11 is 0. The Morgan fingerprint density at radius 1 is 1.04 bits per heavy atom. The van der Waals surface area contributed by atoms with Crippen LogP contribution in [-0.4, -0.2) is 29.9 Å². The SMILES string of the molecule is COc1ccc(-c2cc3c(C)cc(OC)cc3n(CCC(=O)O)c2=O)cc1. The van der Waals surface area contributed by atoms with E-state index >= 15 is 0 Å². The van der Waals surface area contributed by atoms with Crippen LogP contribution >= 0.6 is 0 Å². The molecule has 0 aliphatic heterocycles. The summed E-state index contributed by atoms with van der Waals surface area (Å²) in [6.07, 6.45) is -0.142. The Morgan fingerprint density at radius 3 is 2.30 bits per heavy atom. The van der Waals surface area contributed by atoms with Gasteiger partial charge in [-0.1, -0.05) is 12.1 Å². The fourth-order valence-electron chi connectivity index (χ4n) is 3.14. The molecule has 6 heteroatoms. The second-order valence-electron chi connectivity index (χ2n) is 6.26. The molecule has 6 nitrogen and oxygen atoms in total. The third kappa shape index (κ3) is 3.65. The summed E-state index contributed by atoms with van der Waals surface area (Å²) in [4.78, 5) is 24.2. The molecule has 0 fully saturated rings. The highest BCUT2D eigenvalue weighted by Crippen LogP contribution is 2.28. The van der Waals surface area contributed by atoms with Crippen LogP contribution in [0.3, 0.4) is 0 Å². The number of aryl methyl sites for hydroxylation is 2. The van der Waals surface area contributed by atoms with Gasteiger partial charge in [0.25, 0.3) is 5.56 Å². The molecule has 0 aliphatic carbocycles. The molecule has 1 aromatic heterocycles. The van der Waals surface area contributed by atoms with Gasteiger partial charge in [-0.3, -0.25) is 9.59 Å². The number of nitrogens with zero attached hydrogens (tertiary/aromatic N) is 1. The first-order valence-electron chi connectivity index (χ1n) is 8.53. The maximum atomic E-state index is 13.2. The lowest BCUT2D eigenvalue weighted by Crippen LogP contribution is -2.23. The molecule has 0 radical (unpaired) electrons. The molecule has 140 valence electrons. The van der Waals surface area contributed by atoms with Crippen molar-refractivity contribution in [2.75, 3.05) is 14.2 Å². The first-order chi connectivity index (χ1) is 12.9. The zero-order chi connectivity index (χ0) is 19.6. The Morgan fingerprint density at radius 2 is 1.70 bits per heavy atom. The van der Waals surface area contributed by atoms with Crippen molar-refractivity contribution >= 4 is 16.9 Å². The lowest BCUT2D eigenvalue weighted by molar-refractivity contribution is -0.137. The summed E-state index contributed by atoms with van der Waals surface area (Å²) in [5.41, 5.74) is 2.64. The van der Waals surface area contributed by atoms with E-state index in [0.717, 1.165) is 16.5 Å². The number of hydrogen-bond acceptors (Lipinski definition) is 4. The van der Waals surface area contributed by atoms with Gasteiger partial charge in [-0.25, -0.2) is 0 Å². The van der Waals surface area contributed by atoms with Gasteiger partial charge in [-0.2, -0.15) is 0 Å². The monoisotopic (exact) mass is 367 g/mol. The molecule has 0 bridgehead atoms. The predicted molar refractivity (Wildman–Crippen MR) is 104 cm³/mol. The number of pyridine rings is 1. The standard InChI is InChI=1S/C21H21NO5/c1-13-10-16(27-3)11-19-17(13)12-18(14-4-6-15(26-2)7-5-14)21(25)22(19)9-8-20(23)24/h4-7,10-12H,8-9H2,1-3H3,(H,23,24). The Hall–Kier alpha value is -3.28. The van der Waals surface area contributed by atoms with Crippen LogP contribution in [0, 0.1) is 6.92 Å². The van der Waals surface area contributed by atoms with Crippen LogP contribution in [0.1, 0.15) is 12.0 Å². The second-order valence-corrected chi connectivity index (χ2v) is 6.26. The average molecular weight is 367 g/mol. The maximum Gasteiger partial charge on any atom is 0.305 e. The molecule has 0 saturated carbocycles. The highest BCUT2D eigenvalue weighted by atomic mass is 16.5. The summed E-state index contributed by atoms with van der Waals surface area (Å²) in [5.74, 6) is 0.372. The van der Waals surface area contributed by atoms with Crippen molar-refractivity contribution in [1.82, 2.24) is 4.57 Å². The topological polar surface area (TPSA) is 77.8 Å². The fraction of sp³-hybridized carbons (Fsp3) is 0.238. The minimum Gasteiger partial charge on any atom is -0.497 e. The van der Waals surface area contributed by atoms with Crippen molar-refractivity contribution in [1.29, 1.82) is 0 Å². The third-order valence-electron chi connectivity index (χ3n) is 4.58. The first-order valence-corrected chi connectivity index (χ1v) is 8.53. The Labute approximate surface area is 156 Å². The molecule has 0 aliphatic rings. The fourth-order valence-corrected chi connectivity index (χ4v) is 3.14. The van der Waals surface area contributed by atoms with Crippen LogP contribution in [0.15, 0.2) is 47.3 Å². The Bertz CT molecular complexity index is 1050. The molecule has 0 amide bonds. The van der Waals surface area contributed by atoms with Gasteiger partial charge in [0, 0.05) is 23.6 Å². The smallest absolute Gasteiger partial charge is 0.305 e. The number of hydrogen-bond donors (Lipinski definition) is 1. The number of methoxy groups -OCH3 is 2. The van der Waals surface area contributed by atoms with Crippen molar-refractivity contribution in [3.8, 4) is 22.6 Å². The number of carboxylic acid groups (broad SMARTS) is 1. The number of fused-ring (bicyclic) bond motifs is 1. The van der Waals surface area contributed by atoms with E-state index in [1.54, 1.807) is 32.4 Å². The van der Waals surface area contributed by atoms with Crippen LogP contribution in [0.5, 0.6) is 11.5 Å². The van der Waals surface area contributed by atoms with E-state index in [0.29, 0.717) is 22.6 Å². The van der Waals surface area contributed by atoms with Gasteiger partial charge in [0.2, 0.25) is 0 Å². The molecule has 3 aromatic rings. The molecular weight excluding hydrogens is 346 g/mol. The Balaban J connectivity index is 2.28. The highest BCUT2D eigenvalue weighted by Gasteiger charge is 2.15. The molecule has 1 heterocycles. The Kier molecular flexibility index (Phi) is 5.16. The molecule has 3 rings (SSSR count). The van der Waals surface area contributed by atoms with Crippen molar-refractivity contribution in [3.63, 3.8) is 0 Å². The van der Waals surface area contributed by atoms with Crippen LogP contribution in [0.25, 0.3) is 22.0 Å². The minimum absolute atomic E-state index is 0.0846. The van der Waals surface area contributed by atoms with Gasteiger partial charge >= 0.3 is 5.97 Å². The van der Waals surface area contributed by atoms with Gasteiger partial charge in [-0.15, -0.1) is 0 Å². The van der Waals surface area contributed by atoms with Crippen LogP contribution in [0.4, 0.5) is 0 Å². The number of carbonyl (C=O) groups is 1. The van der Waals surface area contributed by atoms with Crippen LogP contribution < -0.4 is 15.0 Å². The minimum atomic E-state index is -0.954. The van der Waals surface area contributed by atoms with E-state index in [2.05, 4.69) is 0 Å². The molecule has 2 aromatic carbocycles. The van der Waals surface area contributed by atoms with E-state index in [1.165, 1.54) is 4.57 Å². The number of aromatic nitrogens is 1. The van der Waals surface area contributed by atoms with E-state index < -0.39 is 5.97 Å². The number of rotatable bonds is 6. The quantitative estimate of drug-likeness (QED) is 0.722. The van der Waals surface area contributed by atoms with Gasteiger partial charge in [0.05, 0.1) is 26.2 Å². The molecule has 0 unspecified atom stereocenters. The van der Waals surface area contributed by atoms with E-state index in [9.17, 15) is 9.59 Å². The van der Waals surface area contributed by atoms with Crippen molar-refractivity contribution in [2.24, 2.45) is 0 Å². The molecule has 1 N–H and O–H groups in total.